The Labute approximate surface area is 147 Å². The van der Waals surface area contributed by atoms with Crippen LogP contribution in [0.25, 0.3) is 0 Å². The lowest BCUT2D eigenvalue weighted by Crippen LogP contribution is -2.36. The minimum absolute atomic E-state index is 0.201. The third-order valence-corrected chi connectivity index (χ3v) is 5.42. The number of benzene rings is 1. The average Bonchev–Trinajstić information content (AvgIpc) is 3.15. The van der Waals surface area contributed by atoms with E-state index in [1.807, 2.05) is 36.1 Å². The number of carbonyl (C=O) groups is 1. The number of rotatable bonds is 3. The van der Waals surface area contributed by atoms with E-state index >= 15 is 0 Å². The Balaban J connectivity index is 1.48. The highest BCUT2D eigenvalue weighted by molar-refractivity contribution is 5.86. The second-order valence-corrected chi connectivity index (χ2v) is 7.20. The van der Waals surface area contributed by atoms with Gasteiger partial charge in [0, 0.05) is 31.9 Å². The van der Waals surface area contributed by atoms with E-state index in [1.165, 1.54) is 12.1 Å². The molecule has 1 aromatic carbocycles. The zero-order valence-electron chi connectivity index (χ0n) is 14.4. The molecular weight excluding hydrogens is 317 g/mol. The van der Waals surface area contributed by atoms with Crippen LogP contribution in [0.1, 0.15) is 24.1 Å². The second kappa shape index (κ2) is 6.14. The number of aromatic nitrogens is 1. The first-order valence-electron chi connectivity index (χ1n) is 8.78. The summed E-state index contributed by atoms with van der Waals surface area (Å²) in [6, 6.07) is 12.5. The summed E-state index contributed by atoms with van der Waals surface area (Å²) in [6.07, 6.45) is 1.73. The van der Waals surface area contributed by atoms with Crippen molar-refractivity contribution < 1.29 is 9.18 Å². The van der Waals surface area contributed by atoms with E-state index in [-0.39, 0.29) is 17.1 Å². The molecule has 4 rings (SSSR count). The normalized spacial score (nSPS) is 23.0. The molecule has 2 aromatic rings. The lowest BCUT2D eigenvalue weighted by atomic mass is 9.85. The standard InChI is InChI=1S/C20H22FN3O/c1-15-4-2-7-18(22-15)24-11-9-20(14-24)8-10-23(19(20)25)13-16-5-3-6-17(21)12-16/h2-7,12H,8-11,13-14H2,1H3. The van der Waals surface area contributed by atoms with E-state index < -0.39 is 0 Å². The van der Waals surface area contributed by atoms with Crippen LogP contribution in [0.2, 0.25) is 0 Å². The molecule has 2 saturated heterocycles. The first kappa shape index (κ1) is 16.1. The molecule has 3 heterocycles. The van der Waals surface area contributed by atoms with Gasteiger partial charge in [0.05, 0.1) is 5.41 Å². The Morgan fingerprint density at radius 1 is 1.16 bits per heavy atom. The summed E-state index contributed by atoms with van der Waals surface area (Å²) in [6.45, 7) is 4.79. The Hall–Kier alpha value is -2.43. The Bertz CT molecular complexity index is 809. The molecule has 1 spiro atoms. The number of hydrogen-bond donors (Lipinski definition) is 0. The molecule has 4 nitrogen and oxygen atoms in total. The first-order chi connectivity index (χ1) is 12.1. The average molecular weight is 339 g/mol. The van der Waals surface area contributed by atoms with Crippen molar-refractivity contribution in [2.45, 2.75) is 26.3 Å². The Morgan fingerprint density at radius 3 is 2.76 bits per heavy atom. The van der Waals surface area contributed by atoms with Crippen LogP contribution in [-0.4, -0.2) is 35.4 Å². The van der Waals surface area contributed by atoms with Crippen LogP contribution in [0.3, 0.4) is 0 Å². The molecule has 130 valence electrons. The topological polar surface area (TPSA) is 36.4 Å². The third-order valence-electron chi connectivity index (χ3n) is 5.42. The summed E-state index contributed by atoms with van der Waals surface area (Å²) in [5.41, 5.74) is 1.53. The van der Waals surface area contributed by atoms with E-state index in [4.69, 9.17) is 0 Å². The summed E-state index contributed by atoms with van der Waals surface area (Å²) in [5, 5.41) is 0. The predicted molar refractivity (Wildman–Crippen MR) is 94.7 cm³/mol. The van der Waals surface area contributed by atoms with Crippen LogP contribution in [0.15, 0.2) is 42.5 Å². The van der Waals surface area contributed by atoms with Gasteiger partial charge in [-0.1, -0.05) is 18.2 Å². The highest BCUT2D eigenvalue weighted by Gasteiger charge is 2.50. The highest BCUT2D eigenvalue weighted by Crippen LogP contribution is 2.42. The molecule has 0 aliphatic carbocycles. The maximum atomic E-state index is 13.4. The molecule has 0 saturated carbocycles. The van der Waals surface area contributed by atoms with Gasteiger partial charge in [-0.05, 0) is 49.6 Å². The van der Waals surface area contributed by atoms with Gasteiger partial charge in [0.15, 0.2) is 0 Å². The zero-order chi connectivity index (χ0) is 17.4. The van der Waals surface area contributed by atoms with E-state index in [9.17, 15) is 9.18 Å². The Kier molecular flexibility index (Phi) is 3.94. The van der Waals surface area contributed by atoms with Crippen molar-refractivity contribution in [3.63, 3.8) is 0 Å². The number of pyridine rings is 1. The molecule has 2 aliphatic heterocycles. The van der Waals surface area contributed by atoms with Gasteiger partial charge < -0.3 is 9.80 Å². The van der Waals surface area contributed by atoms with Crippen molar-refractivity contribution in [2.75, 3.05) is 24.5 Å². The zero-order valence-corrected chi connectivity index (χ0v) is 14.4. The number of anilines is 1. The fourth-order valence-corrected chi connectivity index (χ4v) is 4.05. The van der Waals surface area contributed by atoms with E-state index in [1.54, 1.807) is 6.07 Å². The predicted octanol–water partition coefficient (Wildman–Crippen LogP) is 3.16. The van der Waals surface area contributed by atoms with Crippen LogP contribution in [0, 0.1) is 18.2 Å². The van der Waals surface area contributed by atoms with Crippen molar-refractivity contribution in [3.8, 4) is 0 Å². The summed E-state index contributed by atoms with van der Waals surface area (Å²) >= 11 is 0. The molecule has 25 heavy (non-hydrogen) atoms. The largest absolute Gasteiger partial charge is 0.355 e. The van der Waals surface area contributed by atoms with Gasteiger partial charge in [-0.25, -0.2) is 9.37 Å². The number of amides is 1. The lowest BCUT2D eigenvalue weighted by molar-refractivity contribution is -0.135. The number of hydrogen-bond acceptors (Lipinski definition) is 3. The molecule has 5 heteroatoms. The minimum Gasteiger partial charge on any atom is -0.355 e. The van der Waals surface area contributed by atoms with Crippen LogP contribution >= 0.6 is 0 Å². The first-order valence-corrected chi connectivity index (χ1v) is 8.78. The number of carbonyl (C=O) groups excluding carboxylic acids is 1. The van der Waals surface area contributed by atoms with Crippen LogP contribution in [0.4, 0.5) is 10.2 Å². The van der Waals surface area contributed by atoms with Crippen LogP contribution in [0.5, 0.6) is 0 Å². The summed E-state index contributed by atoms with van der Waals surface area (Å²) in [4.78, 5) is 21.7. The SMILES string of the molecule is Cc1cccc(N2CCC3(CCN(Cc4cccc(F)c4)C3=O)C2)n1. The molecule has 2 fully saturated rings. The summed E-state index contributed by atoms with van der Waals surface area (Å²) in [7, 11) is 0. The monoisotopic (exact) mass is 339 g/mol. The lowest BCUT2D eigenvalue weighted by Gasteiger charge is -2.24. The second-order valence-electron chi connectivity index (χ2n) is 7.20. The van der Waals surface area contributed by atoms with Gasteiger partial charge in [0.2, 0.25) is 5.91 Å². The fourth-order valence-electron chi connectivity index (χ4n) is 4.05. The van der Waals surface area contributed by atoms with Gasteiger partial charge in [-0.2, -0.15) is 0 Å². The van der Waals surface area contributed by atoms with Crippen molar-refractivity contribution >= 4 is 11.7 Å². The summed E-state index contributed by atoms with van der Waals surface area (Å²) in [5.74, 6) is 0.900. The highest BCUT2D eigenvalue weighted by atomic mass is 19.1. The quantitative estimate of drug-likeness (QED) is 0.862. The van der Waals surface area contributed by atoms with Crippen molar-refractivity contribution in [1.82, 2.24) is 9.88 Å². The molecule has 1 aromatic heterocycles. The van der Waals surface area contributed by atoms with Crippen molar-refractivity contribution in [3.05, 3.63) is 59.5 Å². The van der Waals surface area contributed by atoms with E-state index in [2.05, 4.69) is 9.88 Å². The molecule has 1 amide bonds. The van der Waals surface area contributed by atoms with Crippen molar-refractivity contribution in [2.24, 2.45) is 5.41 Å². The summed E-state index contributed by atoms with van der Waals surface area (Å²) < 4.78 is 13.4. The smallest absolute Gasteiger partial charge is 0.231 e. The van der Waals surface area contributed by atoms with Crippen molar-refractivity contribution in [1.29, 1.82) is 0 Å². The van der Waals surface area contributed by atoms with Gasteiger partial charge in [-0.3, -0.25) is 4.79 Å². The molecule has 0 bridgehead atoms. The third kappa shape index (κ3) is 2.99. The molecule has 0 N–H and O–H groups in total. The molecular formula is C20H22FN3O. The number of aryl methyl sites for hydroxylation is 1. The number of halogens is 1. The van der Waals surface area contributed by atoms with Gasteiger partial charge in [-0.15, -0.1) is 0 Å². The number of likely N-dealkylation sites (tertiary alicyclic amines) is 1. The van der Waals surface area contributed by atoms with Crippen LogP contribution in [-0.2, 0) is 11.3 Å². The molecule has 1 unspecified atom stereocenters. The van der Waals surface area contributed by atoms with Gasteiger partial charge in [0.25, 0.3) is 0 Å². The van der Waals surface area contributed by atoms with Gasteiger partial charge in [0.1, 0.15) is 11.6 Å². The Morgan fingerprint density at radius 2 is 1.96 bits per heavy atom. The minimum atomic E-state index is -0.307. The molecule has 2 aliphatic rings. The van der Waals surface area contributed by atoms with E-state index in [0.29, 0.717) is 6.54 Å². The molecule has 0 radical (unpaired) electrons. The van der Waals surface area contributed by atoms with E-state index in [0.717, 1.165) is 49.6 Å². The number of nitrogens with zero attached hydrogens (tertiary/aromatic N) is 3. The molecule has 1 atom stereocenters. The van der Waals surface area contributed by atoms with Crippen LogP contribution < -0.4 is 4.90 Å². The fraction of sp³-hybridized carbons (Fsp3) is 0.400. The maximum Gasteiger partial charge on any atom is 0.231 e. The maximum absolute atomic E-state index is 13.4. The van der Waals surface area contributed by atoms with Gasteiger partial charge >= 0.3 is 0 Å².